The van der Waals surface area contributed by atoms with Crippen molar-refractivity contribution in [2.45, 2.75) is 53.0 Å². The summed E-state index contributed by atoms with van der Waals surface area (Å²) < 4.78 is 1.90. The minimum atomic E-state index is 0.334. The molecule has 2 aromatic rings. The van der Waals surface area contributed by atoms with Gasteiger partial charge < -0.3 is 5.32 Å². The van der Waals surface area contributed by atoms with Gasteiger partial charge in [-0.3, -0.25) is 4.68 Å². The molecule has 1 unspecified atom stereocenters. The highest BCUT2D eigenvalue weighted by Gasteiger charge is 2.16. The van der Waals surface area contributed by atoms with E-state index in [4.69, 9.17) is 0 Å². The van der Waals surface area contributed by atoms with Crippen molar-refractivity contribution in [1.29, 1.82) is 0 Å². The van der Waals surface area contributed by atoms with Crippen molar-refractivity contribution >= 4 is 5.69 Å². The van der Waals surface area contributed by atoms with Crippen LogP contribution in [0.25, 0.3) is 0 Å². The minimum absolute atomic E-state index is 0.334. The molecule has 22 heavy (non-hydrogen) atoms. The summed E-state index contributed by atoms with van der Waals surface area (Å²) in [5.74, 6) is 0.644. The van der Waals surface area contributed by atoms with Crippen molar-refractivity contribution in [3.05, 3.63) is 47.3 Å². The van der Waals surface area contributed by atoms with E-state index >= 15 is 0 Å². The van der Waals surface area contributed by atoms with Crippen molar-refractivity contribution in [2.75, 3.05) is 5.32 Å². The number of benzene rings is 1. The molecule has 0 radical (unpaired) electrons. The van der Waals surface area contributed by atoms with Gasteiger partial charge in [0.2, 0.25) is 0 Å². The Kier molecular flexibility index (Phi) is 5.64. The molecule has 0 fully saturated rings. The normalized spacial score (nSPS) is 12.6. The number of anilines is 1. The Bertz CT molecular complexity index is 581. The number of rotatable bonds is 7. The molecule has 3 nitrogen and oxygen atoms in total. The van der Waals surface area contributed by atoms with E-state index in [0.29, 0.717) is 12.0 Å². The van der Waals surface area contributed by atoms with E-state index in [1.165, 1.54) is 11.1 Å². The molecule has 0 saturated heterocycles. The molecule has 1 aromatic heterocycles. The fourth-order valence-corrected chi connectivity index (χ4v) is 2.84. The lowest BCUT2D eigenvalue weighted by Crippen LogP contribution is -2.14. The summed E-state index contributed by atoms with van der Waals surface area (Å²) >= 11 is 0. The molecule has 0 aliphatic carbocycles. The number of aryl methyl sites for hydroxylation is 3. The van der Waals surface area contributed by atoms with Gasteiger partial charge in [0.05, 0.1) is 17.4 Å². The number of nitrogens with one attached hydrogen (secondary N) is 1. The highest BCUT2D eigenvalue weighted by molar-refractivity contribution is 5.48. The number of hydrogen-bond donors (Lipinski definition) is 1. The molecule has 1 aromatic carbocycles. The van der Waals surface area contributed by atoms with Gasteiger partial charge in [-0.1, -0.05) is 52.0 Å². The summed E-state index contributed by atoms with van der Waals surface area (Å²) in [5.41, 5.74) is 5.05. The van der Waals surface area contributed by atoms with E-state index in [9.17, 15) is 0 Å². The zero-order valence-electron chi connectivity index (χ0n) is 14.6. The first-order valence-corrected chi connectivity index (χ1v) is 8.41. The smallest absolute Gasteiger partial charge is 0.0853 e. The topological polar surface area (TPSA) is 29.9 Å². The fraction of sp³-hybridized carbons (Fsp3) is 0.526. The van der Waals surface area contributed by atoms with Gasteiger partial charge in [0.1, 0.15) is 0 Å². The third kappa shape index (κ3) is 4.12. The highest BCUT2D eigenvalue weighted by Crippen LogP contribution is 2.28. The number of aromatic nitrogens is 2. The van der Waals surface area contributed by atoms with E-state index < -0.39 is 0 Å². The molecule has 1 atom stereocenters. The molecule has 2 rings (SSSR count). The first-order valence-electron chi connectivity index (χ1n) is 8.41. The van der Waals surface area contributed by atoms with Gasteiger partial charge in [-0.25, -0.2) is 0 Å². The molecule has 0 saturated carbocycles. The molecule has 3 heteroatoms. The maximum absolute atomic E-state index is 4.54. The second-order valence-electron chi connectivity index (χ2n) is 6.44. The zero-order valence-corrected chi connectivity index (χ0v) is 14.6. The number of nitrogens with zero attached hydrogens (tertiary/aromatic N) is 2. The Labute approximate surface area is 134 Å². The predicted molar refractivity (Wildman–Crippen MR) is 94.2 cm³/mol. The van der Waals surface area contributed by atoms with Gasteiger partial charge in [0.25, 0.3) is 0 Å². The molecular weight excluding hydrogens is 270 g/mol. The second kappa shape index (κ2) is 7.48. The first-order chi connectivity index (χ1) is 10.5. The van der Waals surface area contributed by atoms with Gasteiger partial charge in [0, 0.05) is 13.2 Å². The molecule has 0 spiro atoms. The average molecular weight is 299 g/mol. The maximum atomic E-state index is 4.54. The Hall–Kier alpha value is -1.77. The summed E-state index contributed by atoms with van der Waals surface area (Å²) in [5, 5.41) is 8.26. The standard InChI is InChI=1S/C19H29N3/c1-6-15-8-10-16(11-9-15)18(12-14(3)4)20-19-13-22(5)21-17(19)7-2/h8-11,13-14,18,20H,6-7,12H2,1-5H3. The summed E-state index contributed by atoms with van der Waals surface area (Å²) in [4.78, 5) is 0. The first kappa shape index (κ1) is 16.6. The summed E-state index contributed by atoms with van der Waals surface area (Å²) in [6.45, 7) is 8.90. The lowest BCUT2D eigenvalue weighted by atomic mass is 9.95. The van der Waals surface area contributed by atoms with Crippen molar-refractivity contribution in [3.63, 3.8) is 0 Å². The Balaban J connectivity index is 2.24. The van der Waals surface area contributed by atoms with Crippen LogP contribution in [0, 0.1) is 5.92 Å². The Morgan fingerprint density at radius 2 is 1.77 bits per heavy atom. The third-order valence-corrected chi connectivity index (χ3v) is 4.07. The molecule has 0 bridgehead atoms. The second-order valence-corrected chi connectivity index (χ2v) is 6.44. The van der Waals surface area contributed by atoms with Crippen LogP contribution in [0.4, 0.5) is 5.69 Å². The van der Waals surface area contributed by atoms with Gasteiger partial charge >= 0.3 is 0 Å². The molecule has 1 N–H and O–H groups in total. The lowest BCUT2D eigenvalue weighted by Gasteiger charge is -2.22. The van der Waals surface area contributed by atoms with Crippen molar-refractivity contribution in [3.8, 4) is 0 Å². The van der Waals surface area contributed by atoms with E-state index in [-0.39, 0.29) is 0 Å². The lowest BCUT2D eigenvalue weighted by molar-refractivity contribution is 0.530. The average Bonchev–Trinajstić information content (AvgIpc) is 2.86. The van der Waals surface area contributed by atoms with Crippen LogP contribution in [-0.2, 0) is 19.9 Å². The Morgan fingerprint density at radius 1 is 1.09 bits per heavy atom. The van der Waals surface area contributed by atoms with Crippen LogP contribution in [0.2, 0.25) is 0 Å². The third-order valence-electron chi connectivity index (χ3n) is 4.07. The van der Waals surface area contributed by atoms with Crippen LogP contribution in [0.3, 0.4) is 0 Å². The fourth-order valence-electron chi connectivity index (χ4n) is 2.84. The molecule has 0 aliphatic rings. The van der Waals surface area contributed by atoms with Crippen LogP contribution in [0.1, 0.15) is 57.0 Å². The highest BCUT2D eigenvalue weighted by atomic mass is 15.3. The van der Waals surface area contributed by atoms with Crippen molar-refractivity contribution in [1.82, 2.24) is 9.78 Å². The van der Waals surface area contributed by atoms with E-state index in [1.54, 1.807) is 0 Å². The van der Waals surface area contributed by atoms with Crippen molar-refractivity contribution < 1.29 is 0 Å². The predicted octanol–water partition coefficient (Wildman–Crippen LogP) is 4.74. The maximum Gasteiger partial charge on any atom is 0.0853 e. The quantitative estimate of drug-likeness (QED) is 0.800. The van der Waals surface area contributed by atoms with Crippen molar-refractivity contribution in [2.24, 2.45) is 13.0 Å². The van der Waals surface area contributed by atoms with Crippen LogP contribution in [0.5, 0.6) is 0 Å². The largest absolute Gasteiger partial charge is 0.375 e. The monoisotopic (exact) mass is 299 g/mol. The SMILES string of the molecule is CCc1ccc(C(CC(C)C)Nc2cn(C)nc2CC)cc1. The molecule has 1 heterocycles. The van der Waals surface area contributed by atoms with Crippen LogP contribution >= 0.6 is 0 Å². The molecule has 0 amide bonds. The van der Waals surface area contributed by atoms with Crippen LogP contribution in [0.15, 0.2) is 30.5 Å². The molecular formula is C19H29N3. The van der Waals surface area contributed by atoms with Gasteiger partial charge in [0.15, 0.2) is 0 Å². The molecule has 120 valence electrons. The van der Waals surface area contributed by atoms with Crippen LogP contribution < -0.4 is 5.32 Å². The summed E-state index contributed by atoms with van der Waals surface area (Å²) in [6.07, 6.45) is 5.24. The van der Waals surface area contributed by atoms with E-state index in [0.717, 1.165) is 30.6 Å². The number of hydrogen-bond acceptors (Lipinski definition) is 2. The Morgan fingerprint density at radius 3 is 2.32 bits per heavy atom. The van der Waals surface area contributed by atoms with E-state index in [2.05, 4.69) is 68.6 Å². The minimum Gasteiger partial charge on any atom is -0.375 e. The molecule has 0 aliphatic heterocycles. The van der Waals surface area contributed by atoms with Gasteiger partial charge in [-0.2, -0.15) is 5.10 Å². The van der Waals surface area contributed by atoms with Gasteiger partial charge in [-0.15, -0.1) is 0 Å². The summed E-state index contributed by atoms with van der Waals surface area (Å²) in [6, 6.07) is 9.35. The van der Waals surface area contributed by atoms with Crippen LogP contribution in [-0.4, -0.2) is 9.78 Å². The zero-order chi connectivity index (χ0) is 16.1. The van der Waals surface area contributed by atoms with Gasteiger partial charge in [-0.05, 0) is 36.3 Å². The summed E-state index contributed by atoms with van der Waals surface area (Å²) in [7, 11) is 1.98. The van der Waals surface area contributed by atoms with E-state index in [1.807, 2.05) is 11.7 Å².